The Morgan fingerprint density at radius 1 is 1.31 bits per heavy atom. The zero-order valence-corrected chi connectivity index (χ0v) is 8.47. The highest BCUT2D eigenvalue weighted by atomic mass is 35.5. The predicted octanol–water partition coefficient (Wildman–Crippen LogP) is 1.11. The maximum absolute atomic E-state index is 11.0. The molecule has 76 valence electrons. The third-order valence-electron chi connectivity index (χ3n) is 1.20. The molecular formula is C8H13ClO4. The number of alkyl halides is 1. The van der Waals surface area contributed by atoms with Gasteiger partial charge in [-0.15, -0.1) is 0 Å². The van der Waals surface area contributed by atoms with Crippen LogP contribution in [0.25, 0.3) is 0 Å². The molecule has 0 saturated heterocycles. The third-order valence-corrected chi connectivity index (χ3v) is 1.48. The summed E-state index contributed by atoms with van der Waals surface area (Å²) in [6.45, 7) is 3.98. The summed E-state index contributed by atoms with van der Waals surface area (Å²) in [7, 11) is 0. The van der Waals surface area contributed by atoms with Crippen LogP contribution in [0.3, 0.4) is 0 Å². The van der Waals surface area contributed by atoms with Gasteiger partial charge in [0.1, 0.15) is 5.56 Å². The molecule has 0 spiro atoms. The quantitative estimate of drug-likeness (QED) is 0.373. The van der Waals surface area contributed by atoms with Gasteiger partial charge in [-0.2, -0.15) is 0 Å². The van der Waals surface area contributed by atoms with Crippen molar-refractivity contribution in [1.82, 2.24) is 0 Å². The molecule has 13 heavy (non-hydrogen) atoms. The molecule has 0 fully saturated rings. The summed E-state index contributed by atoms with van der Waals surface area (Å²) in [6, 6.07) is 0. The summed E-state index contributed by atoms with van der Waals surface area (Å²) in [5, 5.41) is 0. The Balaban J connectivity index is 3.78. The van der Waals surface area contributed by atoms with Crippen molar-refractivity contribution in [1.29, 1.82) is 0 Å². The molecule has 4 nitrogen and oxygen atoms in total. The van der Waals surface area contributed by atoms with Gasteiger partial charge < -0.3 is 9.47 Å². The van der Waals surface area contributed by atoms with Crippen molar-refractivity contribution >= 4 is 23.4 Å². The lowest BCUT2D eigenvalue weighted by Gasteiger charge is -2.07. The molecule has 1 unspecified atom stereocenters. The van der Waals surface area contributed by atoms with E-state index in [2.05, 4.69) is 4.74 Å². The van der Waals surface area contributed by atoms with E-state index >= 15 is 0 Å². The van der Waals surface area contributed by atoms with Crippen LogP contribution in [0.1, 0.15) is 20.3 Å². The highest BCUT2D eigenvalue weighted by molar-refractivity contribution is 6.35. The lowest BCUT2D eigenvalue weighted by atomic mass is 10.3. The van der Waals surface area contributed by atoms with Crippen LogP contribution in [0.2, 0.25) is 0 Å². The van der Waals surface area contributed by atoms with Gasteiger partial charge in [-0.25, -0.2) is 4.79 Å². The summed E-state index contributed by atoms with van der Waals surface area (Å²) in [6.07, 6.45) is -0.145. The van der Waals surface area contributed by atoms with Crippen LogP contribution in [0.4, 0.5) is 0 Å². The number of ketones is 1. The second kappa shape index (κ2) is 6.86. The fourth-order valence-corrected chi connectivity index (χ4v) is 0.947. The molecule has 0 aromatic carbocycles. The lowest BCUT2D eigenvalue weighted by Crippen LogP contribution is -2.21. The van der Waals surface area contributed by atoms with Crippen molar-refractivity contribution < 1.29 is 19.1 Å². The summed E-state index contributed by atoms with van der Waals surface area (Å²) >= 11 is 5.57. The number of esters is 1. The van der Waals surface area contributed by atoms with Crippen molar-refractivity contribution in [2.75, 3.05) is 13.2 Å². The summed E-state index contributed by atoms with van der Waals surface area (Å²) in [5.74, 6) is -1.51. The van der Waals surface area contributed by atoms with E-state index in [1.165, 1.54) is 0 Å². The van der Waals surface area contributed by atoms with Crippen LogP contribution in [0, 0.1) is 0 Å². The SMILES string of the molecule is CCOC(=O)C(=O)CC(Cl)OCC. The fourth-order valence-electron chi connectivity index (χ4n) is 0.680. The molecule has 0 heterocycles. The first-order chi connectivity index (χ1) is 6.11. The Morgan fingerprint density at radius 3 is 2.38 bits per heavy atom. The van der Waals surface area contributed by atoms with E-state index in [0.29, 0.717) is 6.61 Å². The minimum atomic E-state index is -0.854. The lowest BCUT2D eigenvalue weighted by molar-refractivity contribution is -0.154. The van der Waals surface area contributed by atoms with Crippen LogP contribution in [0.5, 0.6) is 0 Å². The fraction of sp³-hybridized carbons (Fsp3) is 0.750. The molecule has 0 saturated carbocycles. The minimum absolute atomic E-state index is 0.145. The average Bonchev–Trinajstić information content (AvgIpc) is 2.05. The van der Waals surface area contributed by atoms with Gasteiger partial charge in [0.2, 0.25) is 5.78 Å². The molecule has 0 N–H and O–H groups in total. The van der Waals surface area contributed by atoms with Crippen molar-refractivity contribution in [3.63, 3.8) is 0 Å². The smallest absolute Gasteiger partial charge is 0.374 e. The number of halogens is 1. The number of Topliss-reactive ketones (excluding diaryl/α,β-unsaturated/α-hetero) is 1. The maximum Gasteiger partial charge on any atom is 0.374 e. The van der Waals surface area contributed by atoms with Gasteiger partial charge >= 0.3 is 5.97 Å². The Kier molecular flexibility index (Phi) is 6.54. The largest absolute Gasteiger partial charge is 0.460 e. The Hall–Kier alpha value is -0.610. The van der Waals surface area contributed by atoms with Gasteiger partial charge in [0, 0.05) is 6.61 Å². The van der Waals surface area contributed by atoms with E-state index < -0.39 is 17.3 Å². The zero-order chi connectivity index (χ0) is 10.3. The molecule has 0 rings (SSSR count). The van der Waals surface area contributed by atoms with Crippen LogP contribution in [0.15, 0.2) is 0 Å². The third kappa shape index (κ3) is 5.60. The van der Waals surface area contributed by atoms with Crippen LogP contribution >= 0.6 is 11.6 Å². The Labute approximate surface area is 82.1 Å². The monoisotopic (exact) mass is 208 g/mol. The number of carbonyl (C=O) groups excluding carboxylic acids is 2. The first kappa shape index (κ1) is 12.4. The Bertz CT molecular complexity index is 181. The first-order valence-electron chi connectivity index (χ1n) is 4.07. The van der Waals surface area contributed by atoms with Crippen molar-refractivity contribution in [2.24, 2.45) is 0 Å². The molecular weight excluding hydrogens is 196 g/mol. The molecule has 0 amide bonds. The summed E-state index contributed by atoms with van der Waals surface area (Å²) < 4.78 is 9.36. The van der Waals surface area contributed by atoms with Gasteiger partial charge in [-0.05, 0) is 13.8 Å². The minimum Gasteiger partial charge on any atom is -0.460 e. The van der Waals surface area contributed by atoms with Gasteiger partial charge in [0.25, 0.3) is 0 Å². The molecule has 0 aliphatic heterocycles. The molecule has 0 bridgehead atoms. The molecule has 0 aromatic heterocycles. The van der Waals surface area contributed by atoms with Gasteiger partial charge in [0.05, 0.1) is 13.0 Å². The van der Waals surface area contributed by atoms with E-state index in [1.807, 2.05) is 0 Å². The van der Waals surface area contributed by atoms with Crippen molar-refractivity contribution in [2.45, 2.75) is 25.8 Å². The predicted molar refractivity (Wildman–Crippen MR) is 47.5 cm³/mol. The highest BCUT2D eigenvalue weighted by Gasteiger charge is 2.19. The normalized spacial score (nSPS) is 12.2. The topological polar surface area (TPSA) is 52.6 Å². The second-order valence-electron chi connectivity index (χ2n) is 2.21. The summed E-state index contributed by atoms with van der Waals surface area (Å²) in [4.78, 5) is 21.8. The average molecular weight is 209 g/mol. The molecule has 0 aliphatic rings. The highest BCUT2D eigenvalue weighted by Crippen LogP contribution is 2.05. The van der Waals surface area contributed by atoms with Crippen LogP contribution in [-0.2, 0) is 19.1 Å². The number of hydrogen-bond acceptors (Lipinski definition) is 4. The Morgan fingerprint density at radius 2 is 1.92 bits per heavy atom. The molecule has 0 aromatic rings. The number of hydrogen-bond donors (Lipinski definition) is 0. The molecule has 1 atom stereocenters. The van der Waals surface area contributed by atoms with Crippen molar-refractivity contribution in [3.8, 4) is 0 Å². The first-order valence-corrected chi connectivity index (χ1v) is 4.51. The van der Waals surface area contributed by atoms with Crippen LogP contribution < -0.4 is 0 Å². The number of ether oxygens (including phenoxy) is 2. The number of rotatable bonds is 6. The van der Waals surface area contributed by atoms with E-state index in [1.54, 1.807) is 13.8 Å². The molecule has 0 radical (unpaired) electrons. The molecule has 0 aliphatic carbocycles. The van der Waals surface area contributed by atoms with E-state index in [9.17, 15) is 9.59 Å². The second-order valence-corrected chi connectivity index (χ2v) is 2.70. The zero-order valence-electron chi connectivity index (χ0n) is 7.71. The summed E-state index contributed by atoms with van der Waals surface area (Å²) in [5.41, 5.74) is -0.748. The molecule has 5 heteroatoms. The maximum atomic E-state index is 11.0. The standard InChI is InChI=1S/C8H13ClO4/c1-3-12-7(9)5-6(10)8(11)13-4-2/h7H,3-5H2,1-2H3. The van der Waals surface area contributed by atoms with Crippen LogP contribution in [-0.4, -0.2) is 30.5 Å². The van der Waals surface area contributed by atoms with Crippen molar-refractivity contribution in [3.05, 3.63) is 0 Å². The number of carbonyl (C=O) groups is 2. The van der Waals surface area contributed by atoms with E-state index in [0.717, 1.165) is 0 Å². The van der Waals surface area contributed by atoms with E-state index in [-0.39, 0.29) is 13.0 Å². The van der Waals surface area contributed by atoms with Gasteiger partial charge in [-0.3, -0.25) is 4.79 Å². The van der Waals surface area contributed by atoms with E-state index in [4.69, 9.17) is 16.3 Å². The van der Waals surface area contributed by atoms with Gasteiger partial charge in [-0.1, -0.05) is 11.6 Å². The van der Waals surface area contributed by atoms with Gasteiger partial charge in [0.15, 0.2) is 0 Å².